The first-order chi connectivity index (χ1) is 7.02. The Morgan fingerprint density at radius 2 is 2.13 bits per heavy atom. The number of hydrogen-bond donors (Lipinski definition) is 3. The average molecular weight is 338 g/mol. The number of aliphatic hydroxyl groups excluding tert-OH is 1. The Balaban J connectivity index is 2.66. The van der Waals surface area contributed by atoms with Crippen LogP contribution in [0.4, 0.5) is 5.69 Å². The highest BCUT2D eigenvalue weighted by atomic mass is 79.9. The van der Waals surface area contributed by atoms with Crippen LogP contribution in [-0.2, 0) is 6.54 Å². The molecule has 0 saturated heterocycles. The van der Waals surface area contributed by atoms with Crippen LogP contribution in [0.15, 0.2) is 21.1 Å². The Labute approximate surface area is 106 Å². The van der Waals surface area contributed by atoms with Crippen molar-refractivity contribution in [3.05, 3.63) is 26.6 Å². The second-order valence-electron chi connectivity index (χ2n) is 3.41. The van der Waals surface area contributed by atoms with Gasteiger partial charge in [0.05, 0.1) is 11.8 Å². The van der Waals surface area contributed by atoms with Crippen LogP contribution in [-0.4, -0.2) is 17.8 Å². The molecule has 0 aromatic heterocycles. The highest BCUT2D eigenvalue weighted by Gasteiger charge is 2.06. The standard InChI is InChI=1S/C10H14Br2N2O/c1-6(15)4-14-5-7-2-3-8(11)10(13)9(7)12/h2-3,6,14-15H,4-5,13H2,1H3. The van der Waals surface area contributed by atoms with Gasteiger partial charge < -0.3 is 16.2 Å². The molecule has 0 fully saturated rings. The summed E-state index contributed by atoms with van der Waals surface area (Å²) in [6.07, 6.45) is -0.337. The number of nitrogen functional groups attached to an aromatic ring is 1. The van der Waals surface area contributed by atoms with E-state index in [-0.39, 0.29) is 6.10 Å². The number of rotatable bonds is 4. The molecule has 4 N–H and O–H groups in total. The van der Waals surface area contributed by atoms with Gasteiger partial charge in [-0.3, -0.25) is 0 Å². The maximum atomic E-state index is 9.09. The number of halogens is 2. The summed E-state index contributed by atoms with van der Waals surface area (Å²) in [5, 5.41) is 12.2. The molecular formula is C10H14Br2N2O. The molecule has 1 unspecified atom stereocenters. The SMILES string of the molecule is CC(O)CNCc1ccc(Br)c(N)c1Br. The molecular weight excluding hydrogens is 324 g/mol. The van der Waals surface area contributed by atoms with Crippen molar-refractivity contribution >= 4 is 37.5 Å². The molecule has 1 aromatic rings. The van der Waals surface area contributed by atoms with Crippen molar-refractivity contribution in [2.24, 2.45) is 0 Å². The molecule has 0 aliphatic carbocycles. The Morgan fingerprint density at radius 1 is 1.47 bits per heavy atom. The number of aliphatic hydroxyl groups is 1. The van der Waals surface area contributed by atoms with Crippen LogP contribution in [0.25, 0.3) is 0 Å². The Hall–Kier alpha value is -0.100. The predicted octanol–water partition coefficient (Wildman–Crippen LogP) is 2.26. The summed E-state index contributed by atoms with van der Waals surface area (Å²) in [6.45, 7) is 3.00. The third kappa shape index (κ3) is 3.75. The minimum absolute atomic E-state index is 0.337. The fourth-order valence-corrected chi connectivity index (χ4v) is 2.25. The van der Waals surface area contributed by atoms with Crippen LogP contribution in [0.1, 0.15) is 12.5 Å². The van der Waals surface area contributed by atoms with Gasteiger partial charge in [-0.15, -0.1) is 0 Å². The van der Waals surface area contributed by atoms with Crippen molar-refractivity contribution in [3.8, 4) is 0 Å². The van der Waals surface area contributed by atoms with Gasteiger partial charge in [-0.25, -0.2) is 0 Å². The van der Waals surface area contributed by atoms with Gasteiger partial charge >= 0.3 is 0 Å². The molecule has 0 bridgehead atoms. The first-order valence-corrected chi connectivity index (χ1v) is 6.22. The molecule has 0 radical (unpaired) electrons. The van der Waals surface area contributed by atoms with Gasteiger partial charge in [0.25, 0.3) is 0 Å². The summed E-state index contributed by atoms with van der Waals surface area (Å²) in [6, 6.07) is 3.90. The molecule has 0 aliphatic heterocycles. The van der Waals surface area contributed by atoms with Crippen LogP contribution >= 0.6 is 31.9 Å². The van der Waals surface area contributed by atoms with E-state index in [0.29, 0.717) is 18.8 Å². The van der Waals surface area contributed by atoms with Crippen LogP contribution in [0.3, 0.4) is 0 Å². The van der Waals surface area contributed by atoms with Gasteiger partial charge in [0.15, 0.2) is 0 Å². The van der Waals surface area contributed by atoms with E-state index in [1.54, 1.807) is 6.92 Å². The zero-order valence-electron chi connectivity index (χ0n) is 8.43. The lowest BCUT2D eigenvalue weighted by Crippen LogP contribution is -2.24. The van der Waals surface area contributed by atoms with E-state index in [4.69, 9.17) is 10.8 Å². The van der Waals surface area contributed by atoms with Gasteiger partial charge in [-0.1, -0.05) is 6.07 Å². The minimum Gasteiger partial charge on any atom is -0.397 e. The van der Waals surface area contributed by atoms with Crippen LogP contribution in [0.2, 0.25) is 0 Å². The normalized spacial score (nSPS) is 12.8. The molecule has 3 nitrogen and oxygen atoms in total. The maximum absolute atomic E-state index is 9.09. The zero-order valence-corrected chi connectivity index (χ0v) is 11.6. The smallest absolute Gasteiger partial charge is 0.0636 e. The third-order valence-electron chi connectivity index (χ3n) is 1.96. The molecule has 0 aliphatic rings. The molecule has 5 heteroatoms. The van der Waals surface area contributed by atoms with E-state index in [1.807, 2.05) is 12.1 Å². The quantitative estimate of drug-likeness (QED) is 0.739. The molecule has 0 spiro atoms. The fourth-order valence-electron chi connectivity index (χ4n) is 1.17. The number of anilines is 1. The number of hydrogen-bond acceptors (Lipinski definition) is 3. The summed E-state index contributed by atoms with van der Waals surface area (Å²) in [4.78, 5) is 0. The summed E-state index contributed by atoms with van der Waals surface area (Å²) in [5.41, 5.74) is 7.62. The second-order valence-corrected chi connectivity index (χ2v) is 5.06. The minimum atomic E-state index is -0.337. The van der Waals surface area contributed by atoms with Gasteiger partial charge in [0, 0.05) is 22.0 Å². The molecule has 1 aromatic carbocycles. The molecule has 1 rings (SSSR count). The van der Waals surface area contributed by atoms with Crippen LogP contribution in [0.5, 0.6) is 0 Å². The molecule has 0 saturated carbocycles. The van der Waals surface area contributed by atoms with E-state index in [1.165, 1.54) is 0 Å². The summed E-state index contributed by atoms with van der Waals surface area (Å²) >= 11 is 6.80. The van der Waals surface area contributed by atoms with Crippen molar-refractivity contribution in [3.63, 3.8) is 0 Å². The predicted molar refractivity (Wildman–Crippen MR) is 69.6 cm³/mol. The topological polar surface area (TPSA) is 58.3 Å². The van der Waals surface area contributed by atoms with E-state index < -0.39 is 0 Å². The summed E-state index contributed by atoms with van der Waals surface area (Å²) < 4.78 is 1.78. The lowest BCUT2D eigenvalue weighted by molar-refractivity contribution is 0.191. The number of nitrogens with two attached hydrogens (primary N) is 1. The highest BCUT2D eigenvalue weighted by Crippen LogP contribution is 2.30. The second kappa shape index (κ2) is 5.84. The Bertz CT molecular complexity index is 342. The Kier molecular flexibility index (Phi) is 5.05. The molecule has 0 heterocycles. The third-order valence-corrected chi connectivity index (χ3v) is 3.59. The molecule has 15 heavy (non-hydrogen) atoms. The van der Waals surface area contributed by atoms with Crippen molar-refractivity contribution in [1.29, 1.82) is 0 Å². The van der Waals surface area contributed by atoms with Crippen molar-refractivity contribution in [1.82, 2.24) is 5.32 Å². The average Bonchev–Trinajstić information content (AvgIpc) is 2.18. The van der Waals surface area contributed by atoms with E-state index in [2.05, 4.69) is 37.2 Å². The zero-order chi connectivity index (χ0) is 11.4. The van der Waals surface area contributed by atoms with Crippen molar-refractivity contribution in [2.75, 3.05) is 12.3 Å². The lowest BCUT2D eigenvalue weighted by Gasteiger charge is -2.10. The first-order valence-electron chi connectivity index (χ1n) is 4.63. The number of nitrogens with one attached hydrogen (secondary N) is 1. The van der Waals surface area contributed by atoms with Crippen molar-refractivity contribution < 1.29 is 5.11 Å². The molecule has 1 atom stereocenters. The van der Waals surface area contributed by atoms with E-state index in [9.17, 15) is 0 Å². The first kappa shape index (κ1) is 13.0. The van der Waals surface area contributed by atoms with Gasteiger partial charge in [-0.05, 0) is 50.4 Å². The summed E-state index contributed by atoms with van der Waals surface area (Å²) in [7, 11) is 0. The maximum Gasteiger partial charge on any atom is 0.0636 e. The van der Waals surface area contributed by atoms with Crippen molar-refractivity contribution in [2.45, 2.75) is 19.6 Å². The van der Waals surface area contributed by atoms with E-state index in [0.717, 1.165) is 14.5 Å². The molecule has 84 valence electrons. The Morgan fingerprint density at radius 3 is 2.73 bits per heavy atom. The largest absolute Gasteiger partial charge is 0.397 e. The summed E-state index contributed by atoms with van der Waals surface area (Å²) in [5.74, 6) is 0. The van der Waals surface area contributed by atoms with Gasteiger partial charge in [0.1, 0.15) is 0 Å². The molecule has 0 amide bonds. The van der Waals surface area contributed by atoms with Gasteiger partial charge in [-0.2, -0.15) is 0 Å². The fraction of sp³-hybridized carbons (Fsp3) is 0.400. The van der Waals surface area contributed by atoms with Gasteiger partial charge in [0.2, 0.25) is 0 Å². The lowest BCUT2D eigenvalue weighted by atomic mass is 10.2. The van der Waals surface area contributed by atoms with Crippen LogP contribution in [0, 0.1) is 0 Å². The van der Waals surface area contributed by atoms with Crippen LogP contribution < -0.4 is 11.1 Å². The highest BCUT2D eigenvalue weighted by molar-refractivity contribution is 9.11. The number of benzene rings is 1. The monoisotopic (exact) mass is 336 g/mol. The van der Waals surface area contributed by atoms with E-state index >= 15 is 0 Å².